The lowest BCUT2D eigenvalue weighted by Gasteiger charge is -2.07. The van der Waals surface area contributed by atoms with Gasteiger partial charge >= 0.3 is 12.0 Å². The summed E-state index contributed by atoms with van der Waals surface area (Å²) in [7, 11) is 0. The lowest BCUT2D eigenvalue weighted by molar-refractivity contribution is 0.0697. The minimum absolute atomic E-state index is 0.00933. The Kier molecular flexibility index (Phi) is 4.44. The Morgan fingerprint density at radius 1 is 1.33 bits per heavy atom. The Balaban J connectivity index is 1.97. The number of anilines is 1. The Morgan fingerprint density at radius 3 is 2.71 bits per heavy atom. The SMILES string of the molecule is Cc1cc(CNC(=O)Nc2cc(Cl)cc(C(=O)O)c2)no1. The summed E-state index contributed by atoms with van der Waals surface area (Å²) in [6.07, 6.45) is 0. The van der Waals surface area contributed by atoms with Crippen molar-refractivity contribution >= 4 is 29.3 Å². The zero-order valence-electron chi connectivity index (χ0n) is 11.0. The molecule has 0 atom stereocenters. The molecule has 0 spiro atoms. The quantitative estimate of drug-likeness (QED) is 0.805. The van der Waals surface area contributed by atoms with E-state index in [1.807, 2.05) is 0 Å². The number of carboxylic acid groups (broad SMARTS) is 1. The number of hydrogen-bond acceptors (Lipinski definition) is 4. The number of aromatic nitrogens is 1. The smallest absolute Gasteiger partial charge is 0.335 e. The molecule has 1 aromatic carbocycles. The van der Waals surface area contributed by atoms with Crippen molar-refractivity contribution in [1.29, 1.82) is 0 Å². The standard InChI is InChI=1S/C13H12ClN3O4/c1-7-2-11(17-21-7)6-15-13(20)16-10-4-8(12(18)19)3-9(14)5-10/h2-5H,6H2,1H3,(H,18,19)(H2,15,16,20). The molecule has 110 valence electrons. The number of benzene rings is 1. The predicted molar refractivity (Wildman–Crippen MR) is 75.5 cm³/mol. The first-order chi connectivity index (χ1) is 9.94. The van der Waals surface area contributed by atoms with Crippen LogP contribution in [-0.2, 0) is 6.54 Å². The van der Waals surface area contributed by atoms with Gasteiger partial charge in [0.1, 0.15) is 11.5 Å². The molecule has 0 unspecified atom stereocenters. The Hall–Kier alpha value is -2.54. The van der Waals surface area contributed by atoms with E-state index in [0.717, 1.165) is 0 Å². The van der Waals surface area contributed by atoms with Crippen LogP contribution in [0, 0.1) is 6.92 Å². The van der Waals surface area contributed by atoms with Crippen molar-refractivity contribution in [3.8, 4) is 0 Å². The zero-order valence-corrected chi connectivity index (χ0v) is 11.8. The molecular formula is C13H12ClN3O4. The van der Waals surface area contributed by atoms with Crippen molar-refractivity contribution < 1.29 is 19.2 Å². The number of carbonyl (C=O) groups is 2. The fourth-order valence-electron chi connectivity index (χ4n) is 1.63. The van der Waals surface area contributed by atoms with Crippen LogP contribution in [0.15, 0.2) is 28.8 Å². The van der Waals surface area contributed by atoms with E-state index in [1.54, 1.807) is 13.0 Å². The second kappa shape index (κ2) is 6.27. The number of hydrogen-bond donors (Lipinski definition) is 3. The molecule has 0 aliphatic heterocycles. The molecule has 7 nitrogen and oxygen atoms in total. The summed E-state index contributed by atoms with van der Waals surface area (Å²) in [5.74, 6) is -0.479. The molecular weight excluding hydrogens is 298 g/mol. The number of carbonyl (C=O) groups excluding carboxylic acids is 1. The molecule has 0 aliphatic rings. The lowest BCUT2D eigenvalue weighted by Crippen LogP contribution is -2.28. The second-order valence-electron chi connectivity index (χ2n) is 4.27. The largest absolute Gasteiger partial charge is 0.478 e. The Bertz CT molecular complexity index is 684. The fourth-order valence-corrected chi connectivity index (χ4v) is 1.87. The maximum Gasteiger partial charge on any atom is 0.335 e. The molecule has 0 radical (unpaired) electrons. The number of halogens is 1. The van der Waals surface area contributed by atoms with Crippen molar-refractivity contribution in [3.63, 3.8) is 0 Å². The van der Waals surface area contributed by atoms with Gasteiger partial charge in [-0.05, 0) is 25.1 Å². The van der Waals surface area contributed by atoms with Gasteiger partial charge in [0.2, 0.25) is 0 Å². The second-order valence-corrected chi connectivity index (χ2v) is 4.71. The highest BCUT2D eigenvalue weighted by Gasteiger charge is 2.09. The van der Waals surface area contributed by atoms with E-state index in [0.29, 0.717) is 11.5 Å². The third-order valence-corrected chi connectivity index (χ3v) is 2.73. The molecule has 0 bridgehead atoms. The third-order valence-electron chi connectivity index (χ3n) is 2.51. The van der Waals surface area contributed by atoms with E-state index in [1.165, 1.54) is 18.2 Å². The van der Waals surface area contributed by atoms with Gasteiger partial charge < -0.3 is 20.3 Å². The first kappa shape index (κ1) is 14.9. The highest BCUT2D eigenvalue weighted by Crippen LogP contribution is 2.19. The normalized spacial score (nSPS) is 10.2. The summed E-state index contributed by atoms with van der Waals surface area (Å²) in [5.41, 5.74) is 0.860. The number of carboxylic acids is 1. The van der Waals surface area contributed by atoms with Gasteiger partial charge in [0, 0.05) is 16.8 Å². The van der Waals surface area contributed by atoms with Crippen molar-refractivity contribution in [2.75, 3.05) is 5.32 Å². The van der Waals surface area contributed by atoms with E-state index in [9.17, 15) is 9.59 Å². The zero-order chi connectivity index (χ0) is 15.4. The molecule has 0 saturated carbocycles. The molecule has 0 saturated heterocycles. The summed E-state index contributed by atoms with van der Waals surface area (Å²) in [5, 5.41) is 17.9. The van der Waals surface area contributed by atoms with E-state index < -0.39 is 12.0 Å². The van der Waals surface area contributed by atoms with Gasteiger partial charge in [0.25, 0.3) is 0 Å². The molecule has 21 heavy (non-hydrogen) atoms. The van der Waals surface area contributed by atoms with Crippen LogP contribution in [0.2, 0.25) is 5.02 Å². The predicted octanol–water partition coefficient (Wildman–Crippen LogP) is 2.66. The summed E-state index contributed by atoms with van der Waals surface area (Å²) >= 11 is 5.80. The van der Waals surface area contributed by atoms with Gasteiger partial charge in [-0.2, -0.15) is 0 Å². The van der Waals surface area contributed by atoms with Crippen molar-refractivity contribution in [3.05, 3.63) is 46.3 Å². The molecule has 3 N–H and O–H groups in total. The van der Waals surface area contributed by atoms with Crippen molar-refractivity contribution in [2.45, 2.75) is 13.5 Å². The van der Waals surface area contributed by atoms with Crippen molar-refractivity contribution in [1.82, 2.24) is 10.5 Å². The molecule has 2 amide bonds. The Labute approximate surface area is 124 Å². The van der Waals surface area contributed by atoms with Crippen LogP contribution in [0.4, 0.5) is 10.5 Å². The molecule has 2 rings (SSSR count). The lowest BCUT2D eigenvalue weighted by atomic mass is 10.2. The number of amides is 2. The fraction of sp³-hybridized carbons (Fsp3) is 0.154. The average molecular weight is 310 g/mol. The number of nitrogens with zero attached hydrogens (tertiary/aromatic N) is 1. The first-order valence-electron chi connectivity index (χ1n) is 5.95. The minimum atomic E-state index is -1.13. The van der Waals surface area contributed by atoms with Gasteiger partial charge in [-0.25, -0.2) is 9.59 Å². The van der Waals surface area contributed by atoms with Gasteiger partial charge in [-0.1, -0.05) is 16.8 Å². The van der Waals surface area contributed by atoms with E-state index in [4.69, 9.17) is 21.2 Å². The molecule has 1 aromatic heterocycles. The van der Waals surface area contributed by atoms with E-state index >= 15 is 0 Å². The maximum absolute atomic E-state index is 11.7. The van der Waals surface area contributed by atoms with Crippen LogP contribution in [0.5, 0.6) is 0 Å². The topological polar surface area (TPSA) is 104 Å². The number of aryl methyl sites for hydroxylation is 1. The van der Waals surface area contributed by atoms with Gasteiger partial charge in [-0.15, -0.1) is 0 Å². The van der Waals surface area contributed by atoms with E-state index in [-0.39, 0.29) is 22.8 Å². The number of rotatable bonds is 4. The van der Waals surface area contributed by atoms with Crippen LogP contribution in [0.3, 0.4) is 0 Å². The summed E-state index contributed by atoms with van der Waals surface area (Å²) < 4.78 is 4.87. The van der Waals surface area contributed by atoms with Gasteiger partial charge in [0.05, 0.1) is 12.1 Å². The van der Waals surface area contributed by atoms with E-state index in [2.05, 4.69) is 15.8 Å². The molecule has 2 aromatic rings. The number of nitrogens with one attached hydrogen (secondary N) is 2. The highest BCUT2D eigenvalue weighted by molar-refractivity contribution is 6.31. The third kappa shape index (κ3) is 4.22. The average Bonchev–Trinajstić information content (AvgIpc) is 2.81. The molecule has 8 heteroatoms. The van der Waals surface area contributed by atoms with Gasteiger partial charge in [0.15, 0.2) is 0 Å². The Morgan fingerprint density at radius 2 is 2.10 bits per heavy atom. The van der Waals surface area contributed by atoms with Crippen molar-refractivity contribution in [2.24, 2.45) is 0 Å². The maximum atomic E-state index is 11.7. The minimum Gasteiger partial charge on any atom is -0.478 e. The summed E-state index contributed by atoms with van der Waals surface area (Å²) in [6.45, 7) is 1.94. The molecule has 0 fully saturated rings. The first-order valence-corrected chi connectivity index (χ1v) is 6.33. The molecule has 0 aliphatic carbocycles. The van der Waals surface area contributed by atoms with Crippen LogP contribution < -0.4 is 10.6 Å². The monoisotopic (exact) mass is 309 g/mol. The summed E-state index contributed by atoms with van der Waals surface area (Å²) in [4.78, 5) is 22.6. The summed E-state index contributed by atoms with van der Waals surface area (Å²) in [6, 6.07) is 5.25. The van der Waals surface area contributed by atoms with Crippen LogP contribution in [0.1, 0.15) is 21.8 Å². The highest BCUT2D eigenvalue weighted by atomic mass is 35.5. The number of urea groups is 1. The van der Waals surface area contributed by atoms with Crippen LogP contribution >= 0.6 is 11.6 Å². The van der Waals surface area contributed by atoms with Crippen LogP contribution in [-0.4, -0.2) is 22.3 Å². The number of aromatic carboxylic acids is 1. The molecule has 1 heterocycles. The van der Waals surface area contributed by atoms with Gasteiger partial charge in [-0.3, -0.25) is 0 Å². The van der Waals surface area contributed by atoms with Crippen LogP contribution in [0.25, 0.3) is 0 Å².